The Hall–Kier alpha value is -3.28. The Labute approximate surface area is 203 Å². The molecule has 2 aromatic heterocycles. The molecule has 2 amide bonds. The van der Waals surface area contributed by atoms with Crippen LogP contribution in [0.2, 0.25) is 0 Å². The fourth-order valence-corrected chi connectivity index (χ4v) is 3.93. The number of carbonyl (C=O) groups is 2. The number of amides is 2. The third-order valence-corrected chi connectivity index (χ3v) is 6.39. The lowest BCUT2D eigenvalue weighted by atomic mass is 10.0. The molecule has 182 valence electrons. The Morgan fingerprint density at radius 2 is 1.79 bits per heavy atom. The van der Waals surface area contributed by atoms with Crippen LogP contribution in [0.1, 0.15) is 67.4 Å². The van der Waals surface area contributed by atoms with Gasteiger partial charge in [-0.2, -0.15) is 0 Å². The average molecular weight is 464 g/mol. The maximum atomic E-state index is 13.5. The number of unbranched alkanes of at least 4 members (excludes halogenated alkanes) is 1. The van der Waals surface area contributed by atoms with Crippen molar-refractivity contribution < 1.29 is 14.0 Å². The molecule has 0 fully saturated rings. The van der Waals surface area contributed by atoms with E-state index in [1.165, 1.54) is 5.56 Å². The Kier molecular flexibility index (Phi) is 9.14. The van der Waals surface area contributed by atoms with Gasteiger partial charge in [-0.3, -0.25) is 9.59 Å². The van der Waals surface area contributed by atoms with Gasteiger partial charge in [-0.15, -0.1) is 0 Å². The molecule has 0 spiro atoms. The predicted octanol–water partition coefficient (Wildman–Crippen LogP) is 5.43. The number of nitrogens with zero attached hydrogens (tertiary/aromatic N) is 3. The highest BCUT2D eigenvalue weighted by Gasteiger charge is 2.26. The van der Waals surface area contributed by atoms with Crippen LogP contribution in [-0.4, -0.2) is 38.8 Å². The number of hydrogen-bond donors (Lipinski definition) is 0. The molecule has 0 aliphatic rings. The van der Waals surface area contributed by atoms with E-state index in [1.54, 1.807) is 16.1 Å². The first-order chi connectivity index (χ1) is 16.4. The summed E-state index contributed by atoms with van der Waals surface area (Å²) in [6.07, 6.45) is 7.63. The van der Waals surface area contributed by atoms with E-state index in [2.05, 4.69) is 6.92 Å². The van der Waals surface area contributed by atoms with Crippen LogP contribution >= 0.6 is 0 Å². The maximum Gasteiger partial charge on any atom is 0.254 e. The molecule has 0 saturated heterocycles. The number of hydrogen-bond acceptors (Lipinski definition) is 3. The molecule has 0 bridgehead atoms. The predicted molar refractivity (Wildman–Crippen MR) is 134 cm³/mol. The normalized spacial score (nSPS) is 11.9. The summed E-state index contributed by atoms with van der Waals surface area (Å²) in [6, 6.07) is 15.4. The van der Waals surface area contributed by atoms with Crippen LogP contribution in [0.15, 0.2) is 65.4 Å². The minimum atomic E-state index is -0.110. The van der Waals surface area contributed by atoms with Gasteiger partial charge in [0.1, 0.15) is 12.3 Å². The van der Waals surface area contributed by atoms with Crippen LogP contribution in [-0.2, 0) is 31.4 Å². The van der Waals surface area contributed by atoms with Gasteiger partial charge >= 0.3 is 0 Å². The van der Waals surface area contributed by atoms with Crippen molar-refractivity contribution in [3.8, 4) is 0 Å². The smallest absolute Gasteiger partial charge is 0.254 e. The van der Waals surface area contributed by atoms with Gasteiger partial charge in [0, 0.05) is 30.5 Å². The second-order valence-electron chi connectivity index (χ2n) is 8.93. The molecule has 0 radical (unpaired) electrons. The number of furan rings is 1. The first-order valence-corrected chi connectivity index (χ1v) is 12.2. The minimum absolute atomic E-state index is 0.0244. The molecular formula is C28H37N3O3. The summed E-state index contributed by atoms with van der Waals surface area (Å²) in [4.78, 5) is 30.4. The molecule has 1 aromatic carbocycles. The van der Waals surface area contributed by atoms with Crippen LogP contribution < -0.4 is 0 Å². The van der Waals surface area contributed by atoms with Crippen molar-refractivity contribution in [2.24, 2.45) is 7.05 Å². The van der Waals surface area contributed by atoms with E-state index in [1.807, 2.05) is 80.2 Å². The monoisotopic (exact) mass is 463 g/mol. The Morgan fingerprint density at radius 1 is 1.03 bits per heavy atom. The molecule has 6 nitrogen and oxygen atoms in total. The van der Waals surface area contributed by atoms with E-state index in [0.29, 0.717) is 24.4 Å². The summed E-state index contributed by atoms with van der Waals surface area (Å²) in [5, 5.41) is 0. The highest BCUT2D eigenvalue weighted by Crippen LogP contribution is 2.16. The summed E-state index contributed by atoms with van der Waals surface area (Å²) < 4.78 is 7.51. The Balaban J connectivity index is 1.78. The second kappa shape index (κ2) is 12.3. The van der Waals surface area contributed by atoms with Gasteiger partial charge < -0.3 is 18.8 Å². The van der Waals surface area contributed by atoms with E-state index < -0.39 is 0 Å². The summed E-state index contributed by atoms with van der Waals surface area (Å²) in [5.74, 6) is 0.499. The number of aryl methyl sites for hydroxylation is 2. The van der Waals surface area contributed by atoms with Crippen molar-refractivity contribution >= 4 is 11.8 Å². The van der Waals surface area contributed by atoms with Crippen LogP contribution in [0.25, 0.3) is 0 Å². The zero-order valence-corrected chi connectivity index (χ0v) is 20.9. The van der Waals surface area contributed by atoms with Gasteiger partial charge in [-0.1, -0.05) is 32.4 Å². The molecule has 6 heteroatoms. The highest BCUT2D eigenvalue weighted by molar-refractivity contribution is 5.96. The molecule has 0 aliphatic heterocycles. The van der Waals surface area contributed by atoms with Gasteiger partial charge in [0.2, 0.25) is 5.91 Å². The third-order valence-electron chi connectivity index (χ3n) is 6.39. The topological polar surface area (TPSA) is 58.7 Å². The van der Waals surface area contributed by atoms with Gasteiger partial charge in [-0.25, -0.2) is 0 Å². The molecule has 34 heavy (non-hydrogen) atoms. The van der Waals surface area contributed by atoms with Crippen LogP contribution in [0.3, 0.4) is 0 Å². The van der Waals surface area contributed by atoms with Crippen molar-refractivity contribution in [3.63, 3.8) is 0 Å². The summed E-state index contributed by atoms with van der Waals surface area (Å²) in [6.45, 7) is 7.02. The van der Waals surface area contributed by atoms with Crippen LogP contribution in [0.5, 0.6) is 0 Å². The van der Waals surface area contributed by atoms with Gasteiger partial charge in [0.05, 0.1) is 19.4 Å². The number of carbonyl (C=O) groups excluding carboxylic acids is 2. The third kappa shape index (κ3) is 6.62. The number of rotatable bonds is 12. The molecule has 1 unspecified atom stereocenters. The lowest BCUT2D eigenvalue weighted by Crippen LogP contribution is -2.46. The van der Waals surface area contributed by atoms with Crippen molar-refractivity contribution in [2.45, 2.75) is 65.6 Å². The zero-order chi connectivity index (χ0) is 24.5. The Morgan fingerprint density at radius 3 is 2.38 bits per heavy atom. The summed E-state index contributed by atoms with van der Waals surface area (Å²) in [7, 11) is 1.96. The number of aromatic nitrogens is 1. The second-order valence-corrected chi connectivity index (χ2v) is 8.93. The molecule has 3 rings (SSSR count). The van der Waals surface area contributed by atoms with Crippen molar-refractivity contribution in [1.29, 1.82) is 0 Å². The SMILES string of the molecule is CCCCc1ccc(C(=O)N(CC(=O)N(Cc2ccco2)Cc2cccn2C)C(C)CC)cc1. The molecule has 3 aromatic rings. The lowest BCUT2D eigenvalue weighted by molar-refractivity contribution is -0.134. The molecule has 1 atom stereocenters. The van der Waals surface area contributed by atoms with E-state index in [-0.39, 0.29) is 24.4 Å². The van der Waals surface area contributed by atoms with Crippen molar-refractivity contribution in [3.05, 3.63) is 83.6 Å². The van der Waals surface area contributed by atoms with Crippen LogP contribution in [0, 0.1) is 0 Å². The standard InChI is InChI=1S/C28H37N3O3/c1-5-7-10-23-13-15-24(16-14-23)28(33)31(22(3)6-2)21-27(32)30(20-26-12-9-18-34-26)19-25-11-8-17-29(25)4/h8-9,11-18,22H,5-7,10,19-21H2,1-4H3. The first kappa shape index (κ1) is 25.3. The minimum Gasteiger partial charge on any atom is -0.467 e. The van der Waals surface area contributed by atoms with Crippen molar-refractivity contribution in [2.75, 3.05) is 6.54 Å². The van der Waals surface area contributed by atoms with Crippen molar-refractivity contribution in [1.82, 2.24) is 14.4 Å². The van der Waals surface area contributed by atoms with E-state index in [4.69, 9.17) is 4.42 Å². The zero-order valence-electron chi connectivity index (χ0n) is 20.9. The molecule has 0 saturated carbocycles. The molecule has 0 aliphatic carbocycles. The lowest BCUT2D eigenvalue weighted by Gasteiger charge is -2.31. The van der Waals surface area contributed by atoms with E-state index in [9.17, 15) is 9.59 Å². The summed E-state index contributed by atoms with van der Waals surface area (Å²) in [5.41, 5.74) is 2.87. The fourth-order valence-electron chi connectivity index (χ4n) is 3.93. The van der Waals surface area contributed by atoms with Gasteiger partial charge in [0.15, 0.2) is 0 Å². The molecule has 2 heterocycles. The quantitative estimate of drug-likeness (QED) is 0.360. The summed E-state index contributed by atoms with van der Waals surface area (Å²) >= 11 is 0. The molecule has 0 N–H and O–H groups in total. The fraction of sp³-hybridized carbons (Fsp3) is 0.429. The largest absolute Gasteiger partial charge is 0.467 e. The highest BCUT2D eigenvalue weighted by atomic mass is 16.3. The average Bonchev–Trinajstić information content (AvgIpc) is 3.51. The van der Waals surface area contributed by atoms with E-state index in [0.717, 1.165) is 31.4 Å². The first-order valence-electron chi connectivity index (χ1n) is 12.2. The number of benzene rings is 1. The van der Waals surface area contributed by atoms with Gasteiger partial charge in [0.25, 0.3) is 5.91 Å². The maximum absolute atomic E-state index is 13.5. The Bertz CT molecular complexity index is 1040. The van der Waals surface area contributed by atoms with Crippen LogP contribution in [0.4, 0.5) is 0 Å². The molecular weight excluding hydrogens is 426 g/mol. The van der Waals surface area contributed by atoms with Gasteiger partial charge in [-0.05, 0) is 68.1 Å². The van der Waals surface area contributed by atoms with E-state index >= 15 is 0 Å².